The zero-order valence-electron chi connectivity index (χ0n) is 18.5. The Balaban J connectivity index is 1.47. The minimum atomic E-state index is -0.711. The normalized spacial score (nSPS) is 20.5. The van der Waals surface area contributed by atoms with Gasteiger partial charge in [-0.25, -0.2) is 9.59 Å². The smallest absolute Gasteiger partial charge is 0.414 e. The third-order valence-electron chi connectivity index (χ3n) is 5.48. The molecule has 0 saturated carbocycles. The number of rotatable bonds is 8. The molecule has 0 radical (unpaired) electrons. The van der Waals surface area contributed by atoms with Crippen molar-refractivity contribution < 1.29 is 28.6 Å². The fourth-order valence-corrected chi connectivity index (χ4v) is 3.77. The molecule has 2 amide bonds. The van der Waals surface area contributed by atoms with E-state index in [1.807, 2.05) is 0 Å². The maximum Gasteiger partial charge on any atom is 0.414 e. The summed E-state index contributed by atoms with van der Waals surface area (Å²) in [5, 5.41) is 2.49. The molecule has 2 aliphatic rings. The van der Waals surface area contributed by atoms with Gasteiger partial charge >= 0.3 is 18.2 Å². The molecule has 1 aromatic rings. The number of cyclic esters (lactones) is 1. The number of amides is 2. The van der Waals surface area contributed by atoms with Gasteiger partial charge in [-0.1, -0.05) is 12.1 Å². The molecule has 2 fully saturated rings. The van der Waals surface area contributed by atoms with Crippen molar-refractivity contribution >= 4 is 23.8 Å². The number of hydrogen-bond acceptors (Lipinski definition) is 9. The SMILES string of the molecule is CCOC(=O)CN1CCN(C[C@@H]2CN(c3ccc(C(N)NC(=O)OC)cc3)C(=O)O2)CC1. The van der Waals surface area contributed by atoms with Gasteiger partial charge in [0.15, 0.2) is 0 Å². The molecule has 0 spiro atoms. The van der Waals surface area contributed by atoms with Gasteiger partial charge in [-0.15, -0.1) is 0 Å². The first-order valence-electron chi connectivity index (χ1n) is 10.7. The molecule has 3 rings (SSSR count). The number of nitrogens with two attached hydrogens (primary N) is 1. The van der Waals surface area contributed by atoms with Crippen molar-refractivity contribution in [1.29, 1.82) is 0 Å². The zero-order chi connectivity index (χ0) is 23.1. The number of esters is 1. The Labute approximate surface area is 187 Å². The number of alkyl carbamates (subject to hydrolysis) is 1. The lowest BCUT2D eigenvalue weighted by molar-refractivity contribution is -0.144. The summed E-state index contributed by atoms with van der Waals surface area (Å²) in [6.45, 7) is 6.73. The fraction of sp³-hybridized carbons (Fsp3) is 0.571. The van der Waals surface area contributed by atoms with E-state index in [2.05, 4.69) is 19.9 Å². The average molecular weight is 450 g/mol. The van der Waals surface area contributed by atoms with Crippen LogP contribution < -0.4 is 16.0 Å². The molecule has 32 heavy (non-hydrogen) atoms. The molecule has 3 N–H and O–H groups in total. The predicted octanol–water partition coefficient (Wildman–Crippen LogP) is 0.506. The number of ether oxygens (including phenoxy) is 3. The summed E-state index contributed by atoms with van der Waals surface area (Å²) in [6, 6.07) is 7.04. The van der Waals surface area contributed by atoms with Gasteiger partial charge in [0.25, 0.3) is 0 Å². The van der Waals surface area contributed by atoms with Crippen molar-refractivity contribution in [3.05, 3.63) is 29.8 Å². The summed E-state index contributed by atoms with van der Waals surface area (Å²) in [5.74, 6) is -0.200. The Morgan fingerprint density at radius 2 is 1.84 bits per heavy atom. The monoisotopic (exact) mass is 449 g/mol. The summed E-state index contributed by atoms with van der Waals surface area (Å²) >= 11 is 0. The Bertz CT molecular complexity index is 796. The molecular formula is C21H31N5O6. The highest BCUT2D eigenvalue weighted by molar-refractivity contribution is 5.89. The first-order valence-corrected chi connectivity index (χ1v) is 10.7. The second kappa shape index (κ2) is 11.1. The Kier molecular flexibility index (Phi) is 8.26. The maximum absolute atomic E-state index is 12.4. The lowest BCUT2D eigenvalue weighted by Gasteiger charge is -2.34. The molecule has 11 heteroatoms. The molecule has 176 valence electrons. The molecule has 0 bridgehead atoms. The molecular weight excluding hydrogens is 418 g/mol. The van der Waals surface area contributed by atoms with E-state index < -0.39 is 12.3 Å². The van der Waals surface area contributed by atoms with E-state index >= 15 is 0 Å². The van der Waals surface area contributed by atoms with Crippen LogP contribution in [-0.2, 0) is 19.0 Å². The van der Waals surface area contributed by atoms with Gasteiger partial charge < -0.3 is 25.3 Å². The van der Waals surface area contributed by atoms with Gasteiger partial charge in [0, 0.05) is 38.4 Å². The minimum Gasteiger partial charge on any atom is -0.465 e. The summed E-state index contributed by atoms with van der Waals surface area (Å²) in [5.41, 5.74) is 7.31. The average Bonchev–Trinajstić information content (AvgIpc) is 3.15. The highest BCUT2D eigenvalue weighted by Crippen LogP contribution is 2.24. The summed E-state index contributed by atoms with van der Waals surface area (Å²) in [6.07, 6.45) is -1.95. The third-order valence-corrected chi connectivity index (χ3v) is 5.48. The lowest BCUT2D eigenvalue weighted by atomic mass is 10.1. The van der Waals surface area contributed by atoms with Crippen molar-refractivity contribution in [2.45, 2.75) is 19.2 Å². The third kappa shape index (κ3) is 6.31. The molecule has 2 atom stereocenters. The minimum absolute atomic E-state index is 0.200. The number of hydrogen-bond donors (Lipinski definition) is 2. The van der Waals surface area contributed by atoms with Gasteiger partial charge in [-0.3, -0.25) is 19.5 Å². The van der Waals surface area contributed by atoms with Gasteiger partial charge in [0.05, 0.1) is 26.8 Å². The molecule has 1 aromatic carbocycles. The first-order chi connectivity index (χ1) is 15.4. The van der Waals surface area contributed by atoms with Gasteiger partial charge in [-0.05, 0) is 24.6 Å². The van der Waals surface area contributed by atoms with Crippen molar-refractivity contribution in [1.82, 2.24) is 15.1 Å². The predicted molar refractivity (Wildman–Crippen MR) is 116 cm³/mol. The van der Waals surface area contributed by atoms with Gasteiger partial charge in [0.2, 0.25) is 0 Å². The number of benzene rings is 1. The molecule has 2 aliphatic heterocycles. The van der Waals surface area contributed by atoms with Crippen LogP contribution >= 0.6 is 0 Å². The number of nitrogens with one attached hydrogen (secondary N) is 1. The standard InChI is InChI=1S/C21H31N5O6/c1-3-31-18(27)14-25-10-8-24(9-11-25)12-17-13-26(21(29)32-17)16-6-4-15(5-7-16)19(22)23-20(28)30-2/h4-7,17,19H,3,8-14,22H2,1-2H3,(H,23,28)/t17-,19?/m1/s1. The molecule has 2 saturated heterocycles. The maximum atomic E-state index is 12.4. The van der Waals surface area contributed by atoms with Crippen LogP contribution in [0, 0.1) is 0 Å². The number of carbonyl (C=O) groups excluding carboxylic acids is 3. The van der Waals surface area contributed by atoms with E-state index in [1.54, 1.807) is 36.1 Å². The second-order valence-corrected chi connectivity index (χ2v) is 7.70. The highest BCUT2D eigenvalue weighted by atomic mass is 16.6. The summed E-state index contributed by atoms with van der Waals surface area (Å²) < 4.78 is 15.1. The fourth-order valence-electron chi connectivity index (χ4n) is 3.77. The van der Waals surface area contributed by atoms with Crippen molar-refractivity contribution in [2.75, 3.05) is 64.4 Å². The van der Waals surface area contributed by atoms with Gasteiger partial charge in [0.1, 0.15) is 12.3 Å². The summed E-state index contributed by atoms with van der Waals surface area (Å²) in [7, 11) is 1.27. The molecule has 0 aliphatic carbocycles. The largest absolute Gasteiger partial charge is 0.465 e. The van der Waals surface area contributed by atoms with E-state index in [4.69, 9.17) is 15.2 Å². The van der Waals surface area contributed by atoms with Crippen molar-refractivity contribution in [2.24, 2.45) is 5.73 Å². The second-order valence-electron chi connectivity index (χ2n) is 7.70. The van der Waals surface area contributed by atoms with Crippen LogP contribution in [-0.4, -0.2) is 93.6 Å². The number of nitrogens with zero attached hydrogens (tertiary/aromatic N) is 3. The Hall–Kier alpha value is -2.89. The first kappa shape index (κ1) is 23.8. The lowest BCUT2D eigenvalue weighted by Crippen LogP contribution is -2.50. The van der Waals surface area contributed by atoms with E-state index in [0.29, 0.717) is 37.5 Å². The zero-order valence-corrected chi connectivity index (χ0v) is 18.5. The van der Waals surface area contributed by atoms with Gasteiger partial charge in [-0.2, -0.15) is 0 Å². The van der Waals surface area contributed by atoms with Crippen LogP contribution in [0.15, 0.2) is 24.3 Å². The van der Waals surface area contributed by atoms with Crippen LogP contribution in [0.4, 0.5) is 15.3 Å². The number of methoxy groups -OCH3 is 1. The molecule has 0 aromatic heterocycles. The Morgan fingerprint density at radius 1 is 1.19 bits per heavy atom. The number of piperazine rings is 1. The van der Waals surface area contributed by atoms with Crippen molar-refractivity contribution in [3.63, 3.8) is 0 Å². The van der Waals surface area contributed by atoms with E-state index in [-0.39, 0.29) is 18.2 Å². The van der Waals surface area contributed by atoms with Crippen LogP contribution in [0.25, 0.3) is 0 Å². The summed E-state index contributed by atoms with van der Waals surface area (Å²) in [4.78, 5) is 41.2. The topological polar surface area (TPSA) is 127 Å². The van der Waals surface area contributed by atoms with E-state index in [0.717, 1.165) is 26.2 Å². The van der Waals surface area contributed by atoms with Crippen LogP contribution in [0.5, 0.6) is 0 Å². The number of anilines is 1. The Morgan fingerprint density at radius 3 is 2.47 bits per heavy atom. The highest BCUT2D eigenvalue weighted by Gasteiger charge is 2.34. The van der Waals surface area contributed by atoms with Crippen LogP contribution in [0.1, 0.15) is 18.7 Å². The van der Waals surface area contributed by atoms with Crippen LogP contribution in [0.3, 0.4) is 0 Å². The number of carbonyl (C=O) groups is 3. The van der Waals surface area contributed by atoms with E-state index in [9.17, 15) is 14.4 Å². The van der Waals surface area contributed by atoms with Crippen LogP contribution in [0.2, 0.25) is 0 Å². The molecule has 2 heterocycles. The molecule has 11 nitrogen and oxygen atoms in total. The van der Waals surface area contributed by atoms with Crippen molar-refractivity contribution in [3.8, 4) is 0 Å². The quantitative estimate of drug-likeness (QED) is 0.331. The molecule has 1 unspecified atom stereocenters. The van der Waals surface area contributed by atoms with E-state index in [1.165, 1.54) is 7.11 Å².